The predicted octanol–water partition coefficient (Wildman–Crippen LogP) is 4.99. The van der Waals surface area contributed by atoms with E-state index in [-0.39, 0.29) is 29.9 Å². The van der Waals surface area contributed by atoms with Crippen molar-refractivity contribution in [2.24, 2.45) is 5.92 Å². The van der Waals surface area contributed by atoms with E-state index in [9.17, 15) is 22.8 Å². The summed E-state index contributed by atoms with van der Waals surface area (Å²) in [6.45, 7) is 13.7. The van der Waals surface area contributed by atoms with Crippen molar-refractivity contribution in [3.05, 3.63) is 45.8 Å². The van der Waals surface area contributed by atoms with Gasteiger partial charge >= 0.3 is 5.97 Å². The van der Waals surface area contributed by atoms with Crippen LogP contribution in [0.3, 0.4) is 0 Å². The Hall–Kier alpha value is -2.80. The molecule has 1 aromatic heterocycles. The minimum atomic E-state index is -3.86. The average molecular weight is 647 g/mol. The van der Waals surface area contributed by atoms with Crippen molar-refractivity contribution in [3.63, 3.8) is 0 Å². The zero-order chi connectivity index (χ0) is 32.0. The number of piperidine rings is 1. The maximum atomic E-state index is 13.9. The van der Waals surface area contributed by atoms with Crippen molar-refractivity contribution in [1.29, 1.82) is 0 Å². The lowest BCUT2D eigenvalue weighted by Gasteiger charge is -2.31. The van der Waals surface area contributed by atoms with Gasteiger partial charge in [-0.1, -0.05) is 13.8 Å². The lowest BCUT2D eigenvalue weighted by Crippen LogP contribution is -2.42. The van der Waals surface area contributed by atoms with E-state index in [2.05, 4.69) is 37.9 Å². The number of fused-ring (bicyclic) bond motifs is 1. The highest BCUT2D eigenvalue weighted by atomic mass is 32.2. The minimum absolute atomic E-state index is 0.0522. The molecule has 2 aliphatic heterocycles. The van der Waals surface area contributed by atoms with Crippen LogP contribution in [-0.4, -0.2) is 85.7 Å². The van der Waals surface area contributed by atoms with Crippen molar-refractivity contribution in [2.45, 2.75) is 84.2 Å². The number of hydrogen-bond donors (Lipinski definition) is 1. The predicted molar refractivity (Wildman–Crippen MR) is 173 cm³/mol. The number of rotatable bonds is 12. The molecule has 0 saturated carbocycles. The number of amides is 2. The Morgan fingerprint density at radius 1 is 1.07 bits per heavy atom. The Balaban J connectivity index is 1.56. The average Bonchev–Trinajstić information content (AvgIpc) is 3.37. The first kappa shape index (κ1) is 34.1. The van der Waals surface area contributed by atoms with Crippen molar-refractivity contribution in [1.82, 2.24) is 14.1 Å². The van der Waals surface area contributed by atoms with Crippen LogP contribution < -0.4 is 5.32 Å². The summed E-state index contributed by atoms with van der Waals surface area (Å²) in [5.41, 5.74) is 1.90. The largest absolute Gasteiger partial charge is 0.466 e. The molecule has 1 atom stereocenters. The molecule has 0 spiro atoms. The standard InChI is InChI=1S/C32H46N4O6S2/c1-6-16-34(17-7-2)31(38)28-26-15-19-35(22(4)5)21-27(26)43-30(28)33-29(37)23-11-13-25(14-12-23)44(40,41)36-18-9-10-24(20-36)32(39)42-8-3/h11-14,22,24H,6-10,15-21H2,1-5H3,(H,33,37). The van der Waals surface area contributed by atoms with Gasteiger partial charge in [-0.15, -0.1) is 11.3 Å². The Bertz CT molecular complexity index is 1430. The molecule has 1 aromatic carbocycles. The highest BCUT2D eigenvalue weighted by Crippen LogP contribution is 2.39. The third-order valence-corrected chi connectivity index (χ3v) is 11.3. The summed E-state index contributed by atoms with van der Waals surface area (Å²) < 4.78 is 33.2. The smallest absolute Gasteiger partial charge is 0.310 e. The molecule has 0 aliphatic carbocycles. The number of nitrogens with zero attached hydrogens (tertiary/aromatic N) is 3. The lowest BCUT2D eigenvalue weighted by molar-refractivity contribution is -0.149. The van der Waals surface area contributed by atoms with Crippen LogP contribution in [0.4, 0.5) is 5.00 Å². The van der Waals surface area contributed by atoms with E-state index in [0.29, 0.717) is 54.6 Å². The number of thiophene rings is 1. The highest BCUT2D eigenvalue weighted by Gasteiger charge is 2.35. The number of carbonyl (C=O) groups excluding carboxylic acids is 3. The summed E-state index contributed by atoms with van der Waals surface area (Å²) in [5.74, 6) is -1.32. The Morgan fingerprint density at radius 3 is 2.36 bits per heavy atom. The van der Waals surface area contributed by atoms with Gasteiger partial charge in [-0.25, -0.2) is 8.42 Å². The van der Waals surface area contributed by atoms with Gasteiger partial charge < -0.3 is 15.0 Å². The number of sulfonamides is 1. The lowest BCUT2D eigenvalue weighted by atomic mass is 10.0. The monoisotopic (exact) mass is 646 g/mol. The zero-order valence-corrected chi connectivity index (χ0v) is 28.2. The van der Waals surface area contributed by atoms with Gasteiger partial charge in [-0.2, -0.15) is 4.31 Å². The van der Waals surface area contributed by atoms with Crippen molar-refractivity contribution in [3.8, 4) is 0 Å². The first-order chi connectivity index (χ1) is 21.0. The number of esters is 1. The fourth-order valence-electron chi connectivity index (χ4n) is 5.91. The molecule has 242 valence electrons. The number of carbonyl (C=O) groups is 3. The second-order valence-electron chi connectivity index (χ2n) is 11.7. The molecule has 12 heteroatoms. The van der Waals surface area contributed by atoms with E-state index in [1.807, 2.05) is 4.90 Å². The van der Waals surface area contributed by atoms with Gasteiger partial charge in [0.2, 0.25) is 10.0 Å². The van der Waals surface area contributed by atoms with Crippen LogP contribution in [0.2, 0.25) is 0 Å². The molecular weight excluding hydrogens is 601 g/mol. The van der Waals surface area contributed by atoms with Crippen molar-refractivity contribution >= 4 is 44.1 Å². The molecule has 0 radical (unpaired) electrons. The van der Waals surface area contributed by atoms with Gasteiger partial charge in [-0.05, 0) is 82.7 Å². The van der Waals surface area contributed by atoms with Gasteiger partial charge in [0.05, 0.1) is 23.0 Å². The van der Waals surface area contributed by atoms with Gasteiger partial charge in [-0.3, -0.25) is 19.3 Å². The molecule has 44 heavy (non-hydrogen) atoms. The summed E-state index contributed by atoms with van der Waals surface area (Å²) in [6.07, 6.45) is 3.59. The van der Waals surface area contributed by atoms with Gasteiger partial charge in [0, 0.05) is 55.8 Å². The van der Waals surface area contributed by atoms with Crippen LogP contribution in [-0.2, 0) is 32.5 Å². The van der Waals surface area contributed by atoms with Crippen LogP contribution in [0.5, 0.6) is 0 Å². The molecule has 1 fully saturated rings. The maximum Gasteiger partial charge on any atom is 0.310 e. The second kappa shape index (κ2) is 15.0. The van der Waals surface area contributed by atoms with Gasteiger partial charge in [0.15, 0.2) is 0 Å². The van der Waals surface area contributed by atoms with Gasteiger partial charge in [0.25, 0.3) is 11.8 Å². The third kappa shape index (κ3) is 7.52. The highest BCUT2D eigenvalue weighted by molar-refractivity contribution is 7.89. The Morgan fingerprint density at radius 2 is 1.75 bits per heavy atom. The van der Waals surface area contributed by atoms with Crippen LogP contribution in [0.1, 0.15) is 91.5 Å². The Labute approximate surface area is 265 Å². The first-order valence-corrected chi connectivity index (χ1v) is 18.0. The fraction of sp³-hybridized carbons (Fsp3) is 0.594. The molecule has 10 nitrogen and oxygen atoms in total. The van der Waals surface area contributed by atoms with E-state index in [1.165, 1.54) is 39.9 Å². The topological polar surface area (TPSA) is 116 Å². The molecule has 3 heterocycles. The van der Waals surface area contributed by atoms with Crippen molar-refractivity contribution in [2.75, 3.05) is 44.6 Å². The van der Waals surface area contributed by atoms with Crippen molar-refractivity contribution < 1.29 is 27.5 Å². The molecule has 4 rings (SSSR count). The normalized spacial score (nSPS) is 17.7. The molecule has 1 unspecified atom stereocenters. The van der Waals surface area contributed by atoms with Crippen LogP contribution in [0.25, 0.3) is 0 Å². The number of hydrogen-bond acceptors (Lipinski definition) is 8. The summed E-state index contributed by atoms with van der Waals surface area (Å²) in [4.78, 5) is 45.0. The second-order valence-corrected chi connectivity index (χ2v) is 14.8. The summed E-state index contributed by atoms with van der Waals surface area (Å²) in [5, 5.41) is 3.55. The van der Waals surface area contributed by atoms with Crippen LogP contribution >= 0.6 is 11.3 Å². The fourth-order valence-corrected chi connectivity index (χ4v) is 8.69. The molecule has 0 bridgehead atoms. The number of nitrogens with one attached hydrogen (secondary N) is 1. The number of ether oxygens (including phenoxy) is 1. The van der Waals surface area contributed by atoms with Gasteiger partial charge in [0.1, 0.15) is 5.00 Å². The van der Waals surface area contributed by atoms with Crippen LogP contribution in [0, 0.1) is 5.92 Å². The molecule has 1 N–H and O–H groups in total. The summed E-state index contributed by atoms with van der Waals surface area (Å²) in [6, 6.07) is 6.20. The van der Waals surface area contributed by atoms with Crippen LogP contribution in [0.15, 0.2) is 29.2 Å². The molecule has 2 aliphatic rings. The molecule has 2 amide bonds. The molecule has 2 aromatic rings. The molecule has 1 saturated heterocycles. The SMILES string of the molecule is CCCN(CCC)C(=O)c1c(NC(=O)c2ccc(S(=O)(=O)N3CCCC(C(=O)OCC)C3)cc2)sc2c1CCN(C(C)C)C2. The summed E-state index contributed by atoms with van der Waals surface area (Å²) >= 11 is 1.46. The third-order valence-electron chi connectivity index (χ3n) is 8.29. The minimum Gasteiger partial charge on any atom is -0.466 e. The summed E-state index contributed by atoms with van der Waals surface area (Å²) in [7, 11) is -3.86. The zero-order valence-electron chi connectivity index (χ0n) is 26.6. The Kier molecular flexibility index (Phi) is 11.6. The van der Waals surface area contributed by atoms with E-state index in [1.54, 1.807) is 6.92 Å². The quantitative estimate of drug-likeness (QED) is 0.323. The molecular formula is C32H46N4O6S2. The van der Waals surface area contributed by atoms with E-state index < -0.39 is 21.8 Å². The first-order valence-electron chi connectivity index (χ1n) is 15.8. The maximum absolute atomic E-state index is 13.9. The van der Waals surface area contributed by atoms with E-state index in [0.717, 1.165) is 42.8 Å². The number of benzene rings is 1. The number of anilines is 1. The van der Waals surface area contributed by atoms with E-state index in [4.69, 9.17) is 4.74 Å². The van der Waals surface area contributed by atoms with E-state index >= 15 is 0 Å².